The Morgan fingerprint density at radius 1 is 1.04 bits per heavy atom. The Hall–Kier alpha value is -2.73. The molecule has 25 heavy (non-hydrogen) atoms. The van der Waals surface area contributed by atoms with Gasteiger partial charge in [-0.2, -0.15) is 0 Å². The summed E-state index contributed by atoms with van der Waals surface area (Å²) in [6, 6.07) is 12.2. The third-order valence-corrected chi connectivity index (χ3v) is 3.83. The average Bonchev–Trinajstić information content (AvgIpc) is 2.62. The van der Waals surface area contributed by atoms with E-state index in [1.807, 2.05) is 0 Å². The molecule has 2 aromatic rings. The lowest BCUT2D eigenvalue weighted by atomic mass is 10.2. The SMILES string of the molecule is COc1ccccc1OCC(=O)NCC(=O)Nc1cccc(Cl)c1C. The highest BCUT2D eigenvalue weighted by Crippen LogP contribution is 2.25. The van der Waals surface area contributed by atoms with E-state index in [0.717, 1.165) is 5.56 Å². The summed E-state index contributed by atoms with van der Waals surface area (Å²) >= 11 is 6.00. The fourth-order valence-electron chi connectivity index (χ4n) is 2.05. The second-order valence-corrected chi connectivity index (χ2v) is 5.58. The summed E-state index contributed by atoms with van der Waals surface area (Å²) in [6.07, 6.45) is 0. The molecule has 0 aliphatic heterocycles. The van der Waals surface area contributed by atoms with Gasteiger partial charge in [0, 0.05) is 10.7 Å². The maximum absolute atomic E-state index is 11.9. The molecule has 132 valence electrons. The van der Waals surface area contributed by atoms with Gasteiger partial charge >= 0.3 is 0 Å². The molecule has 0 aromatic heterocycles. The Bertz CT molecular complexity index is 764. The number of rotatable bonds is 7. The number of ether oxygens (including phenoxy) is 2. The van der Waals surface area contributed by atoms with Crippen LogP contribution in [0.15, 0.2) is 42.5 Å². The van der Waals surface area contributed by atoms with Gasteiger partial charge in [-0.25, -0.2) is 0 Å². The second kappa shape index (κ2) is 8.94. The van der Waals surface area contributed by atoms with Gasteiger partial charge in [-0.05, 0) is 36.8 Å². The molecule has 2 N–H and O–H groups in total. The number of benzene rings is 2. The van der Waals surface area contributed by atoms with Crippen molar-refractivity contribution in [2.75, 3.05) is 25.6 Å². The van der Waals surface area contributed by atoms with Crippen LogP contribution in [0.3, 0.4) is 0 Å². The van der Waals surface area contributed by atoms with E-state index in [0.29, 0.717) is 22.2 Å². The Balaban J connectivity index is 1.79. The lowest BCUT2D eigenvalue weighted by Crippen LogP contribution is -2.35. The number of hydrogen-bond acceptors (Lipinski definition) is 4. The number of anilines is 1. The van der Waals surface area contributed by atoms with Crippen LogP contribution < -0.4 is 20.1 Å². The van der Waals surface area contributed by atoms with E-state index in [2.05, 4.69) is 10.6 Å². The first-order chi connectivity index (χ1) is 12.0. The van der Waals surface area contributed by atoms with Crippen LogP contribution >= 0.6 is 11.6 Å². The van der Waals surface area contributed by atoms with Crippen LogP contribution in [-0.2, 0) is 9.59 Å². The van der Waals surface area contributed by atoms with Crippen molar-refractivity contribution in [3.8, 4) is 11.5 Å². The normalized spacial score (nSPS) is 10.0. The lowest BCUT2D eigenvalue weighted by molar-refractivity contribution is -0.125. The molecule has 0 saturated carbocycles. The standard InChI is InChI=1S/C18H19ClN2O4/c1-12-13(19)6-5-7-14(12)21-17(22)10-20-18(23)11-25-16-9-4-3-8-15(16)24-2/h3-9H,10-11H2,1-2H3,(H,20,23)(H,21,22). The van der Waals surface area contributed by atoms with Crippen molar-refractivity contribution >= 4 is 29.1 Å². The van der Waals surface area contributed by atoms with Crippen LogP contribution in [0.25, 0.3) is 0 Å². The zero-order chi connectivity index (χ0) is 18.2. The first-order valence-electron chi connectivity index (χ1n) is 7.58. The van der Waals surface area contributed by atoms with Crippen molar-refractivity contribution in [2.24, 2.45) is 0 Å². The first kappa shape index (κ1) is 18.6. The minimum absolute atomic E-state index is 0.167. The number of hydrogen-bond donors (Lipinski definition) is 2. The Labute approximate surface area is 151 Å². The highest BCUT2D eigenvalue weighted by molar-refractivity contribution is 6.31. The molecule has 6 nitrogen and oxygen atoms in total. The van der Waals surface area contributed by atoms with E-state index in [4.69, 9.17) is 21.1 Å². The van der Waals surface area contributed by atoms with Crippen LogP contribution in [0.2, 0.25) is 5.02 Å². The number of para-hydroxylation sites is 2. The van der Waals surface area contributed by atoms with Gasteiger partial charge in [0.25, 0.3) is 5.91 Å². The van der Waals surface area contributed by atoms with Gasteiger partial charge in [0.1, 0.15) is 0 Å². The van der Waals surface area contributed by atoms with Crippen molar-refractivity contribution in [1.29, 1.82) is 0 Å². The molecule has 0 saturated heterocycles. The number of nitrogens with one attached hydrogen (secondary N) is 2. The molecule has 0 aliphatic rings. The summed E-state index contributed by atoms with van der Waals surface area (Å²) in [6.45, 7) is 1.42. The molecule has 0 aliphatic carbocycles. The number of amides is 2. The summed E-state index contributed by atoms with van der Waals surface area (Å²) in [5.74, 6) is 0.225. The molecule has 0 unspecified atom stereocenters. The maximum atomic E-state index is 11.9. The van der Waals surface area contributed by atoms with E-state index in [9.17, 15) is 9.59 Å². The molecule has 2 amide bonds. The van der Waals surface area contributed by atoms with Crippen molar-refractivity contribution in [3.05, 3.63) is 53.1 Å². The zero-order valence-electron chi connectivity index (χ0n) is 14.0. The average molecular weight is 363 g/mol. The van der Waals surface area contributed by atoms with Crippen molar-refractivity contribution in [1.82, 2.24) is 5.32 Å². The van der Waals surface area contributed by atoms with Gasteiger partial charge < -0.3 is 20.1 Å². The number of carbonyl (C=O) groups excluding carboxylic acids is 2. The third-order valence-electron chi connectivity index (χ3n) is 3.42. The van der Waals surface area contributed by atoms with Crippen LogP contribution in [-0.4, -0.2) is 32.1 Å². The molecule has 0 bridgehead atoms. The van der Waals surface area contributed by atoms with Gasteiger partial charge in [0.15, 0.2) is 18.1 Å². The van der Waals surface area contributed by atoms with Crippen molar-refractivity contribution in [3.63, 3.8) is 0 Å². The quantitative estimate of drug-likeness (QED) is 0.794. The van der Waals surface area contributed by atoms with Gasteiger partial charge in [-0.15, -0.1) is 0 Å². The predicted molar refractivity (Wildman–Crippen MR) is 96.3 cm³/mol. The topological polar surface area (TPSA) is 76.7 Å². The number of carbonyl (C=O) groups is 2. The van der Waals surface area contributed by atoms with E-state index >= 15 is 0 Å². The van der Waals surface area contributed by atoms with Crippen LogP contribution in [0.1, 0.15) is 5.56 Å². The van der Waals surface area contributed by atoms with Crippen LogP contribution in [0, 0.1) is 6.92 Å². The van der Waals surface area contributed by atoms with E-state index in [-0.39, 0.29) is 19.1 Å². The molecular weight excluding hydrogens is 344 g/mol. The Morgan fingerprint density at radius 2 is 1.76 bits per heavy atom. The van der Waals surface area contributed by atoms with E-state index < -0.39 is 5.91 Å². The Morgan fingerprint density at radius 3 is 2.48 bits per heavy atom. The van der Waals surface area contributed by atoms with E-state index in [1.54, 1.807) is 49.4 Å². The summed E-state index contributed by atoms with van der Waals surface area (Å²) < 4.78 is 10.5. The smallest absolute Gasteiger partial charge is 0.258 e. The number of halogens is 1. The van der Waals surface area contributed by atoms with Crippen LogP contribution in [0.4, 0.5) is 5.69 Å². The van der Waals surface area contributed by atoms with Crippen molar-refractivity contribution in [2.45, 2.75) is 6.92 Å². The molecule has 0 heterocycles. The molecule has 7 heteroatoms. The molecule has 0 radical (unpaired) electrons. The second-order valence-electron chi connectivity index (χ2n) is 5.18. The first-order valence-corrected chi connectivity index (χ1v) is 7.96. The highest BCUT2D eigenvalue weighted by atomic mass is 35.5. The van der Waals surface area contributed by atoms with Crippen LogP contribution in [0.5, 0.6) is 11.5 Å². The molecule has 0 spiro atoms. The number of methoxy groups -OCH3 is 1. The molecule has 2 aromatic carbocycles. The molecule has 2 rings (SSSR count). The zero-order valence-corrected chi connectivity index (χ0v) is 14.7. The maximum Gasteiger partial charge on any atom is 0.258 e. The minimum Gasteiger partial charge on any atom is -0.493 e. The van der Waals surface area contributed by atoms with Gasteiger partial charge in [0.2, 0.25) is 5.91 Å². The fourth-order valence-corrected chi connectivity index (χ4v) is 2.22. The lowest BCUT2D eigenvalue weighted by Gasteiger charge is -2.11. The third kappa shape index (κ3) is 5.39. The van der Waals surface area contributed by atoms with Gasteiger partial charge in [-0.1, -0.05) is 29.8 Å². The molecule has 0 fully saturated rings. The van der Waals surface area contributed by atoms with Crippen molar-refractivity contribution < 1.29 is 19.1 Å². The highest BCUT2D eigenvalue weighted by Gasteiger charge is 2.10. The minimum atomic E-state index is -0.413. The summed E-state index contributed by atoms with van der Waals surface area (Å²) in [5, 5.41) is 5.76. The van der Waals surface area contributed by atoms with Gasteiger partial charge in [0.05, 0.1) is 13.7 Å². The predicted octanol–water partition coefficient (Wildman–Crippen LogP) is 2.79. The summed E-state index contributed by atoms with van der Waals surface area (Å²) in [4.78, 5) is 23.7. The summed E-state index contributed by atoms with van der Waals surface area (Å²) in [5.41, 5.74) is 1.38. The molecule has 0 atom stereocenters. The molecular formula is C18H19ClN2O4. The summed E-state index contributed by atoms with van der Waals surface area (Å²) in [7, 11) is 1.52. The van der Waals surface area contributed by atoms with Gasteiger partial charge in [-0.3, -0.25) is 9.59 Å². The van der Waals surface area contributed by atoms with E-state index in [1.165, 1.54) is 7.11 Å². The monoisotopic (exact) mass is 362 g/mol. The Kier molecular flexibility index (Phi) is 6.65. The fraction of sp³-hybridized carbons (Fsp3) is 0.222. The largest absolute Gasteiger partial charge is 0.493 e.